The van der Waals surface area contributed by atoms with Crippen molar-refractivity contribution < 1.29 is 39.6 Å². The Labute approximate surface area is 173 Å². The Morgan fingerprint density at radius 1 is 0.833 bits per heavy atom. The quantitative estimate of drug-likeness (QED) is 0.570. The zero-order valence-corrected chi connectivity index (χ0v) is 17.7. The number of rotatable bonds is 5. The van der Waals surface area contributed by atoms with Gasteiger partial charge in [0.1, 0.15) is 5.41 Å². The van der Waals surface area contributed by atoms with Gasteiger partial charge in [0.05, 0.1) is 16.7 Å². The third-order valence-corrected chi connectivity index (χ3v) is 6.88. The topological polar surface area (TPSA) is 149 Å². The van der Waals surface area contributed by atoms with Gasteiger partial charge < -0.3 is 20.4 Å². The fourth-order valence-corrected chi connectivity index (χ4v) is 4.73. The SMILES string of the molecule is Cc1cc(C)c(C)c(C2=CC(C)(C(=O)O)C(C(=O)O)C(C)(C(=O)O)C2(C)C(=O)O)c1. The standard InChI is InChI=1S/C22H26O8/c1-10-7-11(2)12(3)13(8-10)14-9-20(4,17(25)26)15(16(23)24)22(6,19(29)30)21(14,5)18(27)28/h7-9,15H,1-6H3,(H,23,24)(H,25,26)(H,27,28)(H,29,30). The number of aryl methyl sites for hydroxylation is 2. The van der Waals surface area contributed by atoms with Crippen LogP contribution >= 0.6 is 0 Å². The zero-order valence-electron chi connectivity index (χ0n) is 17.7. The van der Waals surface area contributed by atoms with Gasteiger partial charge in [-0.25, -0.2) is 0 Å². The maximum atomic E-state index is 12.6. The molecule has 1 aromatic carbocycles. The number of benzene rings is 1. The fraction of sp³-hybridized carbons (Fsp3) is 0.455. The summed E-state index contributed by atoms with van der Waals surface area (Å²) in [6.07, 6.45) is 1.12. The van der Waals surface area contributed by atoms with Crippen LogP contribution < -0.4 is 0 Å². The molecule has 0 aromatic heterocycles. The minimum absolute atomic E-state index is 0.0217. The molecule has 2 rings (SSSR count). The lowest BCUT2D eigenvalue weighted by Gasteiger charge is -2.53. The Morgan fingerprint density at radius 2 is 1.37 bits per heavy atom. The summed E-state index contributed by atoms with van der Waals surface area (Å²) in [6, 6.07) is 3.54. The van der Waals surface area contributed by atoms with E-state index < -0.39 is 46.0 Å². The molecule has 0 radical (unpaired) electrons. The number of carboxylic acids is 4. The van der Waals surface area contributed by atoms with Crippen LogP contribution in [0.5, 0.6) is 0 Å². The largest absolute Gasteiger partial charge is 0.481 e. The van der Waals surface area contributed by atoms with Crippen molar-refractivity contribution in [1.29, 1.82) is 0 Å². The van der Waals surface area contributed by atoms with Gasteiger partial charge >= 0.3 is 23.9 Å². The first-order chi connectivity index (χ1) is 13.6. The van der Waals surface area contributed by atoms with Gasteiger partial charge in [-0.1, -0.05) is 23.8 Å². The van der Waals surface area contributed by atoms with Gasteiger partial charge in [0, 0.05) is 0 Å². The molecular formula is C22H26O8. The van der Waals surface area contributed by atoms with Crippen LogP contribution in [0.3, 0.4) is 0 Å². The van der Waals surface area contributed by atoms with Crippen molar-refractivity contribution in [2.75, 3.05) is 0 Å². The van der Waals surface area contributed by atoms with Crippen LogP contribution in [-0.4, -0.2) is 44.3 Å². The lowest BCUT2D eigenvalue weighted by molar-refractivity contribution is -0.188. The summed E-state index contributed by atoms with van der Waals surface area (Å²) in [5.41, 5.74) is -4.23. The van der Waals surface area contributed by atoms with E-state index in [1.54, 1.807) is 26.8 Å². The van der Waals surface area contributed by atoms with E-state index in [0.29, 0.717) is 11.1 Å². The summed E-state index contributed by atoms with van der Waals surface area (Å²) in [7, 11) is 0. The van der Waals surface area contributed by atoms with E-state index in [4.69, 9.17) is 0 Å². The van der Waals surface area contributed by atoms with E-state index in [2.05, 4.69) is 0 Å². The molecule has 1 aliphatic rings. The maximum absolute atomic E-state index is 12.6. The highest BCUT2D eigenvalue weighted by molar-refractivity contribution is 6.05. The van der Waals surface area contributed by atoms with E-state index >= 15 is 0 Å². The van der Waals surface area contributed by atoms with E-state index in [9.17, 15) is 39.6 Å². The molecule has 4 atom stereocenters. The molecule has 0 amide bonds. The van der Waals surface area contributed by atoms with Gasteiger partial charge in [-0.05, 0) is 63.8 Å². The predicted octanol–water partition coefficient (Wildman–Crippen LogP) is 2.98. The van der Waals surface area contributed by atoms with Crippen LogP contribution in [0.4, 0.5) is 0 Å². The third-order valence-electron chi connectivity index (χ3n) is 6.88. The van der Waals surface area contributed by atoms with E-state index in [1.807, 2.05) is 6.07 Å². The molecule has 4 unspecified atom stereocenters. The van der Waals surface area contributed by atoms with Crippen LogP contribution in [-0.2, 0) is 19.2 Å². The number of carboxylic acid groups (broad SMARTS) is 4. The molecule has 0 saturated heterocycles. The Kier molecular flexibility index (Phi) is 5.37. The lowest BCUT2D eigenvalue weighted by Crippen LogP contribution is -2.63. The molecule has 0 spiro atoms. The summed E-state index contributed by atoms with van der Waals surface area (Å²) in [6.45, 7) is 8.60. The first-order valence-electron chi connectivity index (χ1n) is 9.31. The Balaban J connectivity index is 3.17. The predicted molar refractivity (Wildman–Crippen MR) is 107 cm³/mol. The molecule has 0 heterocycles. The second-order valence-electron chi connectivity index (χ2n) is 8.61. The minimum atomic E-state index is -2.47. The van der Waals surface area contributed by atoms with Gasteiger partial charge in [-0.15, -0.1) is 0 Å². The van der Waals surface area contributed by atoms with Crippen molar-refractivity contribution in [1.82, 2.24) is 0 Å². The van der Waals surface area contributed by atoms with Crippen molar-refractivity contribution in [3.8, 4) is 0 Å². The lowest BCUT2D eigenvalue weighted by atomic mass is 9.45. The zero-order chi connectivity index (χ0) is 23.4. The molecule has 1 aromatic rings. The molecule has 1 aliphatic carbocycles. The fourth-order valence-electron chi connectivity index (χ4n) is 4.73. The average Bonchev–Trinajstić information content (AvgIpc) is 2.60. The van der Waals surface area contributed by atoms with Gasteiger partial charge in [0.15, 0.2) is 0 Å². The number of carbonyl (C=O) groups is 4. The normalized spacial score (nSPS) is 31.0. The van der Waals surface area contributed by atoms with E-state index in [-0.39, 0.29) is 5.57 Å². The molecular weight excluding hydrogens is 392 g/mol. The van der Waals surface area contributed by atoms with Crippen molar-refractivity contribution in [3.63, 3.8) is 0 Å². The monoisotopic (exact) mass is 418 g/mol. The van der Waals surface area contributed by atoms with Crippen molar-refractivity contribution in [2.24, 2.45) is 22.2 Å². The molecule has 0 saturated carbocycles. The average molecular weight is 418 g/mol. The summed E-state index contributed by atoms with van der Waals surface area (Å²) >= 11 is 0. The number of aliphatic carboxylic acids is 4. The molecule has 0 fully saturated rings. The van der Waals surface area contributed by atoms with Gasteiger partial charge in [0.2, 0.25) is 0 Å². The third kappa shape index (κ3) is 2.81. The van der Waals surface area contributed by atoms with Crippen LogP contribution in [0, 0.1) is 42.9 Å². The highest BCUT2D eigenvalue weighted by Crippen LogP contribution is 2.63. The number of hydrogen-bond donors (Lipinski definition) is 4. The Morgan fingerprint density at radius 3 is 1.77 bits per heavy atom. The Hall–Kier alpha value is -3.16. The summed E-state index contributed by atoms with van der Waals surface area (Å²) < 4.78 is 0. The molecule has 30 heavy (non-hydrogen) atoms. The van der Waals surface area contributed by atoms with Crippen molar-refractivity contribution in [2.45, 2.75) is 41.5 Å². The van der Waals surface area contributed by atoms with Crippen LogP contribution in [0.1, 0.15) is 43.0 Å². The second kappa shape index (κ2) is 6.97. The molecule has 162 valence electrons. The van der Waals surface area contributed by atoms with E-state index in [0.717, 1.165) is 38.0 Å². The van der Waals surface area contributed by atoms with Crippen LogP contribution in [0.25, 0.3) is 5.57 Å². The van der Waals surface area contributed by atoms with Crippen molar-refractivity contribution in [3.05, 3.63) is 40.5 Å². The highest BCUT2D eigenvalue weighted by atomic mass is 16.4. The van der Waals surface area contributed by atoms with Crippen LogP contribution in [0.2, 0.25) is 0 Å². The van der Waals surface area contributed by atoms with Gasteiger partial charge in [0.25, 0.3) is 0 Å². The maximum Gasteiger partial charge on any atom is 0.315 e. The minimum Gasteiger partial charge on any atom is -0.481 e. The molecule has 8 nitrogen and oxygen atoms in total. The molecule has 0 aliphatic heterocycles. The first kappa shape index (κ1) is 23.1. The smallest absolute Gasteiger partial charge is 0.315 e. The first-order valence-corrected chi connectivity index (χ1v) is 9.31. The van der Waals surface area contributed by atoms with Crippen LogP contribution in [0.15, 0.2) is 18.2 Å². The summed E-state index contributed by atoms with van der Waals surface area (Å²) in [5.74, 6) is -8.51. The molecule has 0 bridgehead atoms. The Bertz CT molecular complexity index is 1010. The van der Waals surface area contributed by atoms with Gasteiger partial charge in [-0.3, -0.25) is 19.2 Å². The van der Waals surface area contributed by atoms with Crippen molar-refractivity contribution >= 4 is 29.5 Å². The molecule has 8 heteroatoms. The molecule has 4 N–H and O–H groups in total. The van der Waals surface area contributed by atoms with E-state index in [1.165, 1.54) is 0 Å². The summed E-state index contributed by atoms with van der Waals surface area (Å²) in [5, 5.41) is 40.1. The second-order valence-corrected chi connectivity index (χ2v) is 8.61. The number of hydrogen-bond acceptors (Lipinski definition) is 4. The highest BCUT2D eigenvalue weighted by Gasteiger charge is 2.71. The summed E-state index contributed by atoms with van der Waals surface area (Å²) in [4.78, 5) is 49.4. The van der Waals surface area contributed by atoms with Gasteiger partial charge in [-0.2, -0.15) is 0 Å².